The highest BCUT2D eigenvalue weighted by Gasteiger charge is 2.30. The van der Waals surface area contributed by atoms with E-state index in [0.29, 0.717) is 24.3 Å². The van der Waals surface area contributed by atoms with Crippen LogP contribution in [0.1, 0.15) is 5.56 Å². The number of para-hydroxylation sites is 1. The lowest BCUT2D eigenvalue weighted by molar-refractivity contribution is -0.137. The number of hydrogen-bond acceptors (Lipinski definition) is 2. The van der Waals surface area contributed by atoms with Crippen molar-refractivity contribution in [3.63, 3.8) is 0 Å². The molecule has 122 valence electrons. The van der Waals surface area contributed by atoms with Gasteiger partial charge < -0.3 is 4.98 Å². The van der Waals surface area contributed by atoms with Gasteiger partial charge in [-0.2, -0.15) is 21.6 Å². The Morgan fingerprint density at radius 2 is 1.52 bits per heavy atom. The lowest BCUT2D eigenvalue weighted by Gasteiger charge is -2.05. The molecule has 0 atom stereocenters. The summed E-state index contributed by atoms with van der Waals surface area (Å²) in [4.78, 5) is 2.56. The molecule has 3 rings (SSSR count). The Hall–Kier alpha value is -2.32. The smallest absolute Gasteiger partial charge is 0.361 e. The van der Waals surface area contributed by atoms with Gasteiger partial charge in [-0.25, -0.2) is 0 Å². The quantitative estimate of drug-likeness (QED) is 0.653. The number of H-pyrrole nitrogens is 1. The molecule has 0 radical (unpaired) electrons. The largest absolute Gasteiger partial charge is 0.416 e. The van der Waals surface area contributed by atoms with Crippen molar-refractivity contribution in [3.05, 3.63) is 66.4 Å². The van der Waals surface area contributed by atoms with Gasteiger partial charge in [0.2, 0.25) is 0 Å². The van der Waals surface area contributed by atoms with Crippen LogP contribution in [0.3, 0.4) is 0 Å². The van der Waals surface area contributed by atoms with Gasteiger partial charge >= 0.3 is 6.18 Å². The molecule has 0 spiro atoms. The van der Waals surface area contributed by atoms with Crippen LogP contribution in [-0.2, 0) is 16.3 Å². The van der Waals surface area contributed by atoms with Crippen LogP contribution in [0, 0.1) is 0 Å². The van der Waals surface area contributed by atoms with Gasteiger partial charge in [-0.3, -0.25) is 4.55 Å². The fourth-order valence-electron chi connectivity index (χ4n) is 1.81. The summed E-state index contributed by atoms with van der Waals surface area (Å²) >= 11 is 0. The molecule has 0 fully saturated rings. The van der Waals surface area contributed by atoms with Gasteiger partial charge in [0.1, 0.15) is 0 Å². The average Bonchev–Trinajstić information content (AvgIpc) is 2.95. The summed E-state index contributed by atoms with van der Waals surface area (Å²) in [6.07, 6.45) is -2.57. The van der Waals surface area contributed by atoms with Gasteiger partial charge in [0.25, 0.3) is 10.1 Å². The van der Waals surface area contributed by atoms with Gasteiger partial charge in [-0.05, 0) is 41.8 Å². The molecule has 0 aliphatic rings. The standard InChI is InChI=1S/C8H7N.C7H5F3O3S/c1-2-4-8-7(3-1)5-6-9-8;8-7(9,10)5-1-3-6(4-2-5)14(11,12)13/h1-6,9H;1-4H,(H,11,12,13). The van der Waals surface area contributed by atoms with Crippen LogP contribution in [0.4, 0.5) is 13.2 Å². The van der Waals surface area contributed by atoms with E-state index in [0.717, 1.165) is 0 Å². The lowest BCUT2D eigenvalue weighted by atomic mass is 10.2. The molecule has 1 aromatic heterocycles. The zero-order chi connectivity index (χ0) is 17.1. The second-order valence-electron chi connectivity index (χ2n) is 4.56. The van der Waals surface area contributed by atoms with Crippen LogP contribution in [0.15, 0.2) is 65.7 Å². The topological polar surface area (TPSA) is 70.2 Å². The summed E-state index contributed by atoms with van der Waals surface area (Å²) in [6, 6.07) is 12.8. The number of aromatic nitrogens is 1. The molecule has 0 aliphatic heterocycles. The maximum absolute atomic E-state index is 12.0. The lowest BCUT2D eigenvalue weighted by Crippen LogP contribution is -2.05. The molecule has 0 bridgehead atoms. The summed E-state index contributed by atoms with van der Waals surface area (Å²) in [5.74, 6) is 0. The summed E-state index contributed by atoms with van der Waals surface area (Å²) in [5, 5.41) is 1.28. The molecule has 0 unspecified atom stereocenters. The van der Waals surface area contributed by atoms with E-state index in [9.17, 15) is 21.6 Å². The van der Waals surface area contributed by atoms with E-state index in [1.54, 1.807) is 0 Å². The maximum atomic E-state index is 12.0. The van der Waals surface area contributed by atoms with E-state index in [1.165, 1.54) is 10.9 Å². The van der Waals surface area contributed by atoms with Gasteiger partial charge in [-0.1, -0.05) is 18.2 Å². The molecular formula is C15H12F3NO3S. The number of fused-ring (bicyclic) bond motifs is 1. The highest BCUT2D eigenvalue weighted by Crippen LogP contribution is 2.29. The first kappa shape index (κ1) is 17.0. The minimum atomic E-state index is -4.52. The van der Waals surface area contributed by atoms with E-state index in [2.05, 4.69) is 23.2 Å². The Balaban J connectivity index is 0.000000182. The molecule has 1 heterocycles. The Kier molecular flexibility index (Phi) is 4.76. The van der Waals surface area contributed by atoms with E-state index in [-0.39, 0.29) is 0 Å². The van der Waals surface area contributed by atoms with Crippen molar-refractivity contribution >= 4 is 21.0 Å². The molecule has 0 saturated heterocycles. The summed E-state index contributed by atoms with van der Waals surface area (Å²) in [5.41, 5.74) is 0.238. The molecule has 2 N–H and O–H groups in total. The third-order valence-electron chi connectivity index (χ3n) is 2.94. The molecule has 8 heteroatoms. The van der Waals surface area contributed by atoms with Crippen molar-refractivity contribution in [1.29, 1.82) is 0 Å². The number of aromatic amines is 1. The monoisotopic (exact) mass is 343 g/mol. The number of nitrogens with one attached hydrogen (secondary N) is 1. The molecule has 4 nitrogen and oxygen atoms in total. The summed E-state index contributed by atoms with van der Waals surface area (Å²) < 4.78 is 65.4. The Labute approximate surface area is 130 Å². The van der Waals surface area contributed by atoms with Crippen molar-refractivity contribution in [1.82, 2.24) is 4.98 Å². The second-order valence-corrected chi connectivity index (χ2v) is 5.98. The van der Waals surface area contributed by atoms with Crippen LogP contribution in [0.5, 0.6) is 0 Å². The zero-order valence-corrected chi connectivity index (χ0v) is 12.4. The number of rotatable bonds is 1. The minimum absolute atomic E-state index is 0.564. The first-order valence-corrected chi connectivity index (χ1v) is 7.79. The van der Waals surface area contributed by atoms with Crippen molar-refractivity contribution in [2.75, 3.05) is 0 Å². The van der Waals surface area contributed by atoms with E-state index < -0.39 is 26.8 Å². The average molecular weight is 343 g/mol. The Bertz CT molecular complexity index is 854. The van der Waals surface area contributed by atoms with Crippen LogP contribution in [0.2, 0.25) is 0 Å². The normalized spacial score (nSPS) is 11.8. The van der Waals surface area contributed by atoms with E-state index in [1.807, 2.05) is 18.3 Å². The third-order valence-corrected chi connectivity index (χ3v) is 3.81. The zero-order valence-electron chi connectivity index (χ0n) is 11.6. The second kappa shape index (κ2) is 6.43. The molecule has 0 aliphatic carbocycles. The molecule has 2 aromatic carbocycles. The fraction of sp³-hybridized carbons (Fsp3) is 0.0667. The first-order valence-electron chi connectivity index (χ1n) is 6.35. The summed E-state index contributed by atoms with van der Waals surface area (Å²) in [6.45, 7) is 0. The molecule has 0 saturated carbocycles. The predicted molar refractivity (Wildman–Crippen MR) is 79.6 cm³/mol. The van der Waals surface area contributed by atoms with Gasteiger partial charge in [0.15, 0.2) is 0 Å². The number of alkyl halides is 3. The Morgan fingerprint density at radius 3 is 2.04 bits per heavy atom. The minimum Gasteiger partial charge on any atom is -0.361 e. The van der Waals surface area contributed by atoms with Crippen LogP contribution < -0.4 is 0 Å². The van der Waals surface area contributed by atoms with Gasteiger partial charge in [-0.15, -0.1) is 0 Å². The first-order chi connectivity index (χ1) is 10.7. The van der Waals surface area contributed by atoms with Crippen LogP contribution in [0.25, 0.3) is 10.9 Å². The molecule has 23 heavy (non-hydrogen) atoms. The van der Waals surface area contributed by atoms with Crippen LogP contribution >= 0.6 is 0 Å². The predicted octanol–water partition coefficient (Wildman–Crippen LogP) is 4.12. The van der Waals surface area contributed by atoms with Crippen molar-refractivity contribution in [3.8, 4) is 0 Å². The van der Waals surface area contributed by atoms with E-state index >= 15 is 0 Å². The number of hydrogen-bond donors (Lipinski definition) is 2. The van der Waals surface area contributed by atoms with Gasteiger partial charge in [0, 0.05) is 11.7 Å². The van der Waals surface area contributed by atoms with E-state index in [4.69, 9.17) is 4.55 Å². The highest BCUT2D eigenvalue weighted by molar-refractivity contribution is 7.85. The Morgan fingerprint density at radius 1 is 0.913 bits per heavy atom. The molecule has 0 amide bonds. The highest BCUT2D eigenvalue weighted by atomic mass is 32.2. The number of halogens is 3. The molecular weight excluding hydrogens is 331 g/mol. The number of benzene rings is 2. The van der Waals surface area contributed by atoms with Crippen LogP contribution in [-0.4, -0.2) is 18.0 Å². The fourth-order valence-corrected chi connectivity index (χ4v) is 2.29. The maximum Gasteiger partial charge on any atom is 0.416 e. The third kappa shape index (κ3) is 4.57. The summed E-state index contributed by atoms with van der Waals surface area (Å²) in [7, 11) is -4.43. The van der Waals surface area contributed by atoms with Crippen molar-refractivity contribution < 1.29 is 26.1 Å². The van der Waals surface area contributed by atoms with Crippen molar-refractivity contribution in [2.45, 2.75) is 11.1 Å². The SMILES string of the molecule is O=S(=O)(O)c1ccc(C(F)(F)F)cc1.c1ccc2[nH]ccc2c1. The molecule has 3 aromatic rings. The van der Waals surface area contributed by atoms with Crippen molar-refractivity contribution in [2.24, 2.45) is 0 Å². The van der Waals surface area contributed by atoms with Gasteiger partial charge in [0.05, 0.1) is 10.5 Å².